The fourth-order valence-corrected chi connectivity index (χ4v) is 1.03. The van der Waals surface area contributed by atoms with Gasteiger partial charge in [-0.15, -0.1) is 17.5 Å². The van der Waals surface area contributed by atoms with Gasteiger partial charge in [0.25, 0.3) is 0 Å². The molecule has 2 aromatic rings. The van der Waals surface area contributed by atoms with Crippen LogP contribution < -0.4 is 5.73 Å². The molecule has 0 aliphatic carbocycles. The van der Waals surface area contributed by atoms with Crippen molar-refractivity contribution >= 4 is 18.1 Å². The summed E-state index contributed by atoms with van der Waals surface area (Å²) in [5.41, 5.74) is 7.28. The standard InChI is InChI=1S/C8H8N4.ClH/c9-7-3-1-2-4-8(7)12-6-5-10-11-12;/h1-6H,9H2;1H. The highest BCUT2D eigenvalue weighted by Crippen LogP contribution is 2.13. The van der Waals surface area contributed by atoms with Crippen molar-refractivity contribution in [1.82, 2.24) is 15.0 Å². The van der Waals surface area contributed by atoms with Crippen LogP contribution in [0.4, 0.5) is 5.69 Å². The number of halogens is 1. The Hall–Kier alpha value is -1.55. The van der Waals surface area contributed by atoms with Gasteiger partial charge in [-0.2, -0.15) is 0 Å². The molecule has 1 heterocycles. The molecule has 0 aliphatic rings. The quantitative estimate of drug-likeness (QED) is 0.699. The Labute approximate surface area is 81.8 Å². The summed E-state index contributed by atoms with van der Waals surface area (Å²) in [6, 6.07) is 7.52. The number of nitrogens with two attached hydrogens (primary N) is 1. The fraction of sp³-hybridized carbons (Fsp3) is 0. The molecule has 0 amide bonds. The summed E-state index contributed by atoms with van der Waals surface area (Å²) in [5.74, 6) is 0. The summed E-state index contributed by atoms with van der Waals surface area (Å²) >= 11 is 0. The van der Waals surface area contributed by atoms with Gasteiger partial charge in [-0.3, -0.25) is 0 Å². The third kappa shape index (κ3) is 1.78. The number of nitrogen functional groups attached to an aromatic ring is 1. The van der Waals surface area contributed by atoms with Gasteiger partial charge >= 0.3 is 0 Å². The van der Waals surface area contributed by atoms with E-state index in [4.69, 9.17) is 5.73 Å². The number of benzene rings is 1. The maximum Gasteiger partial charge on any atom is 0.0892 e. The van der Waals surface area contributed by atoms with Crippen LogP contribution in [0, 0.1) is 0 Å². The fourth-order valence-electron chi connectivity index (χ4n) is 1.03. The molecule has 0 atom stereocenters. The third-order valence-electron chi connectivity index (χ3n) is 1.61. The predicted molar refractivity (Wildman–Crippen MR) is 53.0 cm³/mol. The molecule has 0 radical (unpaired) electrons. The Morgan fingerprint density at radius 2 is 2.00 bits per heavy atom. The van der Waals surface area contributed by atoms with E-state index in [-0.39, 0.29) is 12.4 Å². The highest BCUT2D eigenvalue weighted by Gasteiger charge is 1.98. The van der Waals surface area contributed by atoms with Gasteiger partial charge in [-0.1, -0.05) is 17.3 Å². The zero-order valence-corrected chi connectivity index (χ0v) is 7.61. The number of hydrogen-bond donors (Lipinski definition) is 1. The van der Waals surface area contributed by atoms with Crippen LogP contribution in [0.1, 0.15) is 0 Å². The molecule has 1 aromatic carbocycles. The molecule has 0 aliphatic heterocycles. The monoisotopic (exact) mass is 196 g/mol. The molecule has 2 rings (SSSR count). The highest BCUT2D eigenvalue weighted by molar-refractivity contribution is 5.85. The first-order valence-electron chi connectivity index (χ1n) is 3.59. The van der Waals surface area contributed by atoms with Crippen LogP contribution in [0.5, 0.6) is 0 Å². The van der Waals surface area contributed by atoms with Gasteiger partial charge < -0.3 is 5.73 Å². The van der Waals surface area contributed by atoms with Crippen LogP contribution in [0.25, 0.3) is 5.69 Å². The number of para-hydroxylation sites is 2. The molecule has 0 unspecified atom stereocenters. The number of hydrogen-bond acceptors (Lipinski definition) is 3. The number of rotatable bonds is 1. The van der Waals surface area contributed by atoms with Crippen LogP contribution in [0.15, 0.2) is 36.7 Å². The lowest BCUT2D eigenvalue weighted by atomic mass is 10.3. The summed E-state index contributed by atoms with van der Waals surface area (Å²) < 4.78 is 1.63. The normalized spacial score (nSPS) is 9.23. The minimum atomic E-state index is 0. The predicted octanol–water partition coefficient (Wildman–Crippen LogP) is 1.27. The number of aromatic nitrogens is 3. The molecular formula is C8H9ClN4. The van der Waals surface area contributed by atoms with E-state index in [0.717, 1.165) is 5.69 Å². The topological polar surface area (TPSA) is 56.7 Å². The van der Waals surface area contributed by atoms with Gasteiger partial charge in [0.1, 0.15) is 0 Å². The number of nitrogens with zero attached hydrogens (tertiary/aromatic N) is 3. The van der Waals surface area contributed by atoms with E-state index < -0.39 is 0 Å². The minimum Gasteiger partial charge on any atom is -0.397 e. The molecule has 1 aromatic heterocycles. The van der Waals surface area contributed by atoms with Gasteiger partial charge in [0, 0.05) is 0 Å². The lowest BCUT2D eigenvalue weighted by molar-refractivity contribution is 0.805. The lowest BCUT2D eigenvalue weighted by Crippen LogP contribution is -1.99. The van der Waals surface area contributed by atoms with Crippen LogP contribution in [-0.4, -0.2) is 15.0 Å². The van der Waals surface area contributed by atoms with Gasteiger partial charge in [-0.25, -0.2) is 4.68 Å². The first-order chi connectivity index (χ1) is 5.88. The lowest BCUT2D eigenvalue weighted by Gasteiger charge is -2.02. The second kappa shape index (κ2) is 3.91. The molecule has 68 valence electrons. The van der Waals surface area contributed by atoms with Crippen LogP contribution in [0.3, 0.4) is 0 Å². The average molecular weight is 197 g/mol. The van der Waals surface area contributed by atoms with E-state index in [1.54, 1.807) is 17.1 Å². The van der Waals surface area contributed by atoms with Gasteiger partial charge in [-0.05, 0) is 12.1 Å². The molecule has 13 heavy (non-hydrogen) atoms. The Morgan fingerprint density at radius 1 is 1.23 bits per heavy atom. The van der Waals surface area contributed by atoms with Crippen molar-refractivity contribution in [3.8, 4) is 5.69 Å². The van der Waals surface area contributed by atoms with Crippen molar-refractivity contribution in [2.75, 3.05) is 5.73 Å². The zero-order valence-electron chi connectivity index (χ0n) is 6.79. The largest absolute Gasteiger partial charge is 0.397 e. The zero-order chi connectivity index (χ0) is 8.39. The molecule has 0 fully saturated rings. The molecule has 0 saturated carbocycles. The van der Waals surface area contributed by atoms with Crippen molar-refractivity contribution in [1.29, 1.82) is 0 Å². The molecule has 5 heteroatoms. The van der Waals surface area contributed by atoms with Gasteiger partial charge in [0.05, 0.1) is 23.8 Å². The van der Waals surface area contributed by atoms with Gasteiger partial charge in [0.2, 0.25) is 0 Å². The Kier molecular flexibility index (Phi) is 2.87. The summed E-state index contributed by atoms with van der Waals surface area (Å²) in [6.07, 6.45) is 3.37. The van der Waals surface area contributed by atoms with E-state index in [2.05, 4.69) is 10.3 Å². The molecule has 0 saturated heterocycles. The molecular weight excluding hydrogens is 188 g/mol. The van der Waals surface area contributed by atoms with Crippen molar-refractivity contribution < 1.29 is 0 Å². The molecule has 0 spiro atoms. The highest BCUT2D eigenvalue weighted by atomic mass is 35.5. The SMILES string of the molecule is Cl.Nc1ccccc1-n1ccnn1. The van der Waals surface area contributed by atoms with Gasteiger partial charge in [0.15, 0.2) is 0 Å². The Balaban J connectivity index is 0.000000845. The first kappa shape index (κ1) is 9.54. The van der Waals surface area contributed by atoms with Crippen molar-refractivity contribution in [3.05, 3.63) is 36.7 Å². The van der Waals surface area contributed by atoms with E-state index in [0.29, 0.717) is 5.69 Å². The minimum absolute atomic E-state index is 0. The Morgan fingerprint density at radius 3 is 2.62 bits per heavy atom. The molecule has 0 bridgehead atoms. The Bertz CT molecular complexity index is 371. The van der Waals surface area contributed by atoms with Crippen molar-refractivity contribution in [3.63, 3.8) is 0 Å². The van der Waals surface area contributed by atoms with Crippen molar-refractivity contribution in [2.24, 2.45) is 0 Å². The maximum atomic E-state index is 5.72. The average Bonchev–Trinajstić information content (AvgIpc) is 2.57. The van der Waals surface area contributed by atoms with Crippen LogP contribution >= 0.6 is 12.4 Å². The second-order valence-electron chi connectivity index (χ2n) is 2.41. The van der Waals surface area contributed by atoms with Crippen LogP contribution in [-0.2, 0) is 0 Å². The second-order valence-corrected chi connectivity index (χ2v) is 2.41. The first-order valence-corrected chi connectivity index (χ1v) is 3.59. The smallest absolute Gasteiger partial charge is 0.0892 e. The number of anilines is 1. The summed E-state index contributed by atoms with van der Waals surface area (Å²) in [6.45, 7) is 0. The van der Waals surface area contributed by atoms with E-state index in [9.17, 15) is 0 Å². The van der Waals surface area contributed by atoms with Crippen molar-refractivity contribution in [2.45, 2.75) is 0 Å². The summed E-state index contributed by atoms with van der Waals surface area (Å²) in [7, 11) is 0. The van der Waals surface area contributed by atoms with E-state index in [1.165, 1.54) is 0 Å². The van der Waals surface area contributed by atoms with E-state index in [1.807, 2.05) is 24.3 Å². The third-order valence-corrected chi connectivity index (χ3v) is 1.61. The molecule has 2 N–H and O–H groups in total. The molecule has 4 nitrogen and oxygen atoms in total. The maximum absolute atomic E-state index is 5.72. The van der Waals surface area contributed by atoms with Crippen LogP contribution in [0.2, 0.25) is 0 Å². The summed E-state index contributed by atoms with van der Waals surface area (Å²) in [4.78, 5) is 0. The van der Waals surface area contributed by atoms with E-state index >= 15 is 0 Å². The summed E-state index contributed by atoms with van der Waals surface area (Å²) in [5, 5.41) is 7.53.